The number of amides is 1. The molecule has 3 rings (SSSR count). The van der Waals surface area contributed by atoms with Crippen molar-refractivity contribution in [3.63, 3.8) is 0 Å². The van der Waals surface area contributed by atoms with E-state index >= 15 is 0 Å². The monoisotopic (exact) mass is 345 g/mol. The highest BCUT2D eigenvalue weighted by Crippen LogP contribution is 2.34. The molecule has 0 spiro atoms. The Bertz CT molecular complexity index is 363. The van der Waals surface area contributed by atoms with Crippen LogP contribution in [0.1, 0.15) is 44.9 Å². The van der Waals surface area contributed by atoms with Crippen molar-refractivity contribution in [2.75, 3.05) is 45.9 Å². The second-order valence-corrected chi connectivity index (χ2v) is 7.13. The highest BCUT2D eigenvalue weighted by Gasteiger charge is 2.39. The van der Waals surface area contributed by atoms with E-state index in [9.17, 15) is 4.79 Å². The van der Waals surface area contributed by atoms with Gasteiger partial charge in [-0.05, 0) is 38.8 Å². The largest absolute Gasteiger partial charge is 0.379 e. The molecule has 5 nitrogen and oxygen atoms in total. The van der Waals surface area contributed by atoms with Crippen molar-refractivity contribution >= 4 is 18.3 Å². The molecule has 23 heavy (non-hydrogen) atoms. The van der Waals surface area contributed by atoms with Gasteiger partial charge in [-0.25, -0.2) is 0 Å². The maximum atomic E-state index is 12.5. The van der Waals surface area contributed by atoms with Crippen molar-refractivity contribution in [3.8, 4) is 0 Å². The van der Waals surface area contributed by atoms with E-state index < -0.39 is 0 Å². The first-order chi connectivity index (χ1) is 10.8. The SMILES string of the molecule is Cl.O=C(NCC1(N2CCOCC2)CCCCC1)C1CCNCC1. The van der Waals surface area contributed by atoms with Crippen LogP contribution in [-0.4, -0.2) is 62.3 Å². The first-order valence-corrected chi connectivity index (χ1v) is 9.11. The average molecular weight is 346 g/mol. The van der Waals surface area contributed by atoms with Gasteiger partial charge in [0.1, 0.15) is 0 Å². The summed E-state index contributed by atoms with van der Waals surface area (Å²) in [6.45, 7) is 6.50. The van der Waals surface area contributed by atoms with E-state index in [2.05, 4.69) is 15.5 Å². The molecule has 0 radical (unpaired) electrons. The summed E-state index contributed by atoms with van der Waals surface area (Å²) >= 11 is 0. The Morgan fingerprint density at radius 1 is 1.13 bits per heavy atom. The topological polar surface area (TPSA) is 53.6 Å². The zero-order chi connectivity index (χ0) is 15.3. The molecule has 1 aliphatic carbocycles. The zero-order valence-electron chi connectivity index (χ0n) is 14.1. The standard InChI is InChI=1S/C17H31N3O2.ClH/c21-16(15-4-8-18-9-5-15)19-14-17(6-2-1-3-7-17)20-10-12-22-13-11-20;/h15,18H,1-14H2,(H,19,21);1H. The molecular formula is C17H32ClN3O2. The lowest BCUT2D eigenvalue weighted by atomic mass is 9.79. The van der Waals surface area contributed by atoms with Crippen molar-refractivity contribution in [2.24, 2.45) is 5.92 Å². The van der Waals surface area contributed by atoms with Gasteiger partial charge in [-0.3, -0.25) is 9.69 Å². The van der Waals surface area contributed by atoms with Crippen LogP contribution in [-0.2, 0) is 9.53 Å². The quantitative estimate of drug-likeness (QED) is 0.812. The summed E-state index contributed by atoms with van der Waals surface area (Å²) in [7, 11) is 0. The number of hydrogen-bond acceptors (Lipinski definition) is 4. The minimum atomic E-state index is 0. The Morgan fingerprint density at radius 3 is 2.43 bits per heavy atom. The number of carbonyl (C=O) groups excluding carboxylic acids is 1. The average Bonchev–Trinajstić information content (AvgIpc) is 2.62. The summed E-state index contributed by atoms with van der Waals surface area (Å²) in [6.07, 6.45) is 8.33. The summed E-state index contributed by atoms with van der Waals surface area (Å²) in [5.41, 5.74) is 0.185. The maximum Gasteiger partial charge on any atom is 0.223 e. The van der Waals surface area contributed by atoms with Gasteiger partial charge in [-0.1, -0.05) is 19.3 Å². The molecule has 0 aromatic carbocycles. The summed E-state index contributed by atoms with van der Waals surface area (Å²) in [5.74, 6) is 0.492. The molecule has 6 heteroatoms. The Morgan fingerprint density at radius 2 is 1.78 bits per heavy atom. The molecule has 2 heterocycles. The minimum Gasteiger partial charge on any atom is -0.379 e. The normalized spacial score (nSPS) is 26.3. The van der Waals surface area contributed by atoms with Crippen LogP contribution < -0.4 is 10.6 Å². The fourth-order valence-electron chi connectivity index (χ4n) is 4.33. The molecule has 0 bridgehead atoms. The summed E-state index contributed by atoms with van der Waals surface area (Å²) < 4.78 is 5.52. The number of nitrogens with one attached hydrogen (secondary N) is 2. The highest BCUT2D eigenvalue weighted by atomic mass is 35.5. The van der Waals surface area contributed by atoms with E-state index in [0.717, 1.165) is 58.8 Å². The van der Waals surface area contributed by atoms with Crippen LogP contribution in [0, 0.1) is 5.92 Å². The van der Waals surface area contributed by atoms with Crippen molar-refractivity contribution in [3.05, 3.63) is 0 Å². The third-order valence-corrected chi connectivity index (χ3v) is 5.77. The van der Waals surface area contributed by atoms with Crippen molar-refractivity contribution < 1.29 is 9.53 Å². The zero-order valence-corrected chi connectivity index (χ0v) is 15.0. The van der Waals surface area contributed by atoms with Gasteiger partial charge < -0.3 is 15.4 Å². The van der Waals surface area contributed by atoms with E-state index in [0.29, 0.717) is 0 Å². The third kappa shape index (κ3) is 4.81. The molecule has 1 saturated carbocycles. The van der Waals surface area contributed by atoms with Gasteiger partial charge in [0.25, 0.3) is 0 Å². The molecule has 3 aliphatic rings. The van der Waals surface area contributed by atoms with Gasteiger partial charge in [-0.15, -0.1) is 12.4 Å². The summed E-state index contributed by atoms with van der Waals surface area (Å²) in [6, 6.07) is 0. The molecule has 0 aromatic heterocycles. The molecule has 134 valence electrons. The predicted molar refractivity (Wildman–Crippen MR) is 94.1 cm³/mol. The minimum absolute atomic E-state index is 0. The van der Waals surface area contributed by atoms with E-state index in [1.165, 1.54) is 32.1 Å². The third-order valence-electron chi connectivity index (χ3n) is 5.77. The van der Waals surface area contributed by atoms with E-state index in [1.807, 2.05) is 0 Å². The van der Waals surface area contributed by atoms with Crippen LogP contribution in [0.5, 0.6) is 0 Å². The van der Waals surface area contributed by atoms with Crippen LogP contribution in [0.15, 0.2) is 0 Å². The van der Waals surface area contributed by atoms with Crippen LogP contribution in [0.3, 0.4) is 0 Å². The van der Waals surface area contributed by atoms with Crippen LogP contribution in [0.25, 0.3) is 0 Å². The van der Waals surface area contributed by atoms with Gasteiger partial charge in [0.15, 0.2) is 0 Å². The Kier molecular flexibility index (Phi) is 7.60. The smallest absolute Gasteiger partial charge is 0.223 e. The molecule has 0 unspecified atom stereocenters. The van der Waals surface area contributed by atoms with E-state index in [-0.39, 0.29) is 29.8 Å². The molecule has 1 amide bonds. The second kappa shape index (κ2) is 9.21. The molecule has 0 atom stereocenters. The number of carbonyl (C=O) groups is 1. The van der Waals surface area contributed by atoms with Crippen LogP contribution in [0.2, 0.25) is 0 Å². The lowest BCUT2D eigenvalue weighted by Crippen LogP contribution is -2.60. The fourth-order valence-corrected chi connectivity index (χ4v) is 4.33. The number of hydrogen-bond donors (Lipinski definition) is 2. The lowest BCUT2D eigenvalue weighted by Gasteiger charge is -2.48. The molecule has 2 saturated heterocycles. The first kappa shape index (κ1) is 19.0. The van der Waals surface area contributed by atoms with E-state index in [1.54, 1.807) is 0 Å². The number of piperidine rings is 1. The van der Waals surface area contributed by atoms with Crippen molar-refractivity contribution in [1.82, 2.24) is 15.5 Å². The van der Waals surface area contributed by atoms with Gasteiger partial charge >= 0.3 is 0 Å². The number of ether oxygens (including phenoxy) is 1. The van der Waals surface area contributed by atoms with Crippen LogP contribution >= 0.6 is 12.4 Å². The fraction of sp³-hybridized carbons (Fsp3) is 0.941. The van der Waals surface area contributed by atoms with Crippen molar-refractivity contribution in [2.45, 2.75) is 50.5 Å². The van der Waals surface area contributed by atoms with E-state index in [4.69, 9.17) is 4.74 Å². The van der Waals surface area contributed by atoms with Gasteiger partial charge in [0.05, 0.1) is 13.2 Å². The summed E-state index contributed by atoms with van der Waals surface area (Å²) in [4.78, 5) is 15.1. The number of halogens is 1. The van der Waals surface area contributed by atoms with Gasteiger partial charge in [-0.2, -0.15) is 0 Å². The number of nitrogens with zero attached hydrogens (tertiary/aromatic N) is 1. The molecule has 2 aliphatic heterocycles. The second-order valence-electron chi connectivity index (χ2n) is 7.13. The number of rotatable bonds is 4. The molecular weight excluding hydrogens is 314 g/mol. The lowest BCUT2D eigenvalue weighted by molar-refractivity contribution is -0.127. The Hall–Kier alpha value is -0.360. The van der Waals surface area contributed by atoms with Crippen LogP contribution in [0.4, 0.5) is 0 Å². The number of morpholine rings is 1. The predicted octanol–water partition coefficient (Wildman–Crippen LogP) is 1.56. The van der Waals surface area contributed by atoms with Crippen molar-refractivity contribution in [1.29, 1.82) is 0 Å². The molecule has 3 fully saturated rings. The first-order valence-electron chi connectivity index (χ1n) is 9.11. The maximum absolute atomic E-state index is 12.5. The molecule has 2 N–H and O–H groups in total. The Balaban J connectivity index is 0.00000192. The molecule has 0 aromatic rings. The highest BCUT2D eigenvalue weighted by molar-refractivity contribution is 5.85. The summed E-state index contributed by atoms with van der Waals surface area (Å²) in [5, 5.41) is 6.64. The van der Waals surface area contributed by atoms with Gasteiger partial charge in [0, 0.05) is 31.1 Å². The Labute approximate surface area is 146 Å². The van der Waals surface area contributed by atoms with Gasteiger partial charge in [0.2, 0.25) is 5.91 Å².